The summed E-state index contributed by atoms with van der Waals surface area (Å²) in [6, 6.07) is 4.49. The van der Waals surface area contributed by atoms with E-state index in [1.54, 1.807) is 0 Å². The lowest BCUT2D eigenvalue weighted by atomic mass is 9.91. The molecule has 0 aromatic carbocycles. The van der Waals surface area contributed by atoms with Crippen LogP contribution in [0.5, 0.6) is 0 Å². The van der Waals surface area contributed by atoms with E-state index in [2.05, 4.69) is 34.7 Å². The molecule has 1 fully saturated rings. The highest BCUT2D eigenvalue weighted by Gasteiger charge is 2.27. The fourth-order valence-corrected chi connectivity index (χ4v) is 3.57. The van der Waals surface area contributed by atoms with E-state index in [9.17, 15) is 4.79 Å². The van der Waals surface area contributed by atoms with Crippen molar-refractivity contribution in [3.05, 3.63) is 22.4 Å². The minimum Gasteiger partial charge on any atom is -0.453 e. The molecule has 0 spiro atoms. The zero-order valence-electron chi connectivity index (χ0n) is 11.6. The van der Waals surface area contributed by atoms with Gasteiger partial charge in [0.2, 0.25) is 0 Å². The number of methoxy groups -OCH3 is 1. The molecule has 2 rings (SSSR count). The Kier molecular flexibility index (Phi) is 5.22. The number of thiophene rings is 1. The molecule has 1 N–H and O–H groups in total. The number of alkyl carbamates (subject to hydrolysis) is 1. The van der Waals surface area contributed by atoms with Crippen LogP contribution in [0.25, 0.3) is 0 Å². The summed E-state index contributed by atoms with van der Waals surface area (Å²) in [5.74, 6) is 0.606. The van der Waals surface area contributed by atoms with E-state index in [0.29, 0.717) is 5.92 Å². The van der Waals surface area contributed by atoms with Gasteiger partial charge >= 0.3 is 6.09 Å². The number of nitrogens with zero attached hydrogens (tertiary/aromatic N) is 1. The van der Waals surface area contributed by atoms with Crippen LogP contribution in [0.3, 0.4) is 0 Å². The van der Waals surface area contributed by atoms with Gasteiger partial charge in [-0.15, -0.1) is 11.3 Å². The number of rotatable bonds is 4. The molecule has 19 heavy (non-hydrogen) atoms. The molecule has 0 radical (unpaired) electrons. The Morgan fingerprint density at radius 3 is 3.05 bits per heavy atom. The first-order valence-corrected chi connectivity index (χ1v) is 7.68. The van der Waals surface area contributed by atoms with E-state index in [1.165, 1.54) is 12.0 Å². The van der Waals surface area contributed by atoms with Crippen LogP contribution in [0.4, 0.5) is 4.79 Å². The third-order valence-corrected chi connectivity index (χ3v) is 4.54. The Balaban J connectivity index is 1.93. The van der Waals surface area contributed by atoms with Gasteiger partial charge in [0.15, 0.2) is 0 Å². The van der Waals surface area contributed by atoms with Crippen LogP contribution in [-0.2, 0) is 11.2 Å². The lowest BCUT2D eigenvalue weighted by Crippen LogP contribution is -2.51. The van der Waals surface area contributed by atoms with Crippen molar-refractivity contribution in [3.63, 3.8) is 0 Å². The fourth-order valence-electron chi connectivity index (χ4n) is 2.75. The fraction of sp³-hybridized carbons (Fsp3) is 0.643. The van der Waals surface area contributed by atoms with Crippen molar-refractivity contribution in [1.29, 1.82) is 0 Å². The van der Waals surface area contributed by atoms with Gasteiger partial charge in [-0.3, -0.25) is 0 Å². The summed E-state index contributed by atoms with van der Waals surface area (Å²) in [7, 11) is 1.42. The summed E-state index contributed by atoms with van der Waals surface area (Å²) < 4.78 is 4.70. The predicted molar refractivity (Wildman–Crippen MR) is 77.6 cm³/mol. The highest BCUT2D eigenvalue weighted by molar-refractivity contribution is 7.09. The van der Waals surface area contributed by atoms with Gasteiger partial charge in [-0.25, -0.2) is 4.79 Å². The molecule has 2 heterocycles. The molecule has 1 amide bonds. The normalized spacial score (nSPS) is 24.1. The number of carbonyl (C=O) groups excluding carboxylic acids is 1. The average Bonchev–Trinajstić information content (AvgIpc) is 2.91. The third kappa shape index (κ3) is 4.21. The van der Waals surface area contributed by atoms with Crippen LogP contribution in [0.2, 0.25) is 0 Å². The second-order valence-electron chi connectivity index (χ2n) is 5.07. The quantitative estimate of drug-likeness (QED) is 0.921. The highest BCUT2D eigenvalue weighted by atomic mass is 32.1. The van der Waals surface area contributed by atoms with Crippen LogP contribution in [0, 0.1) is 5.92 Å². The number of hydrogen-bond donors (Lipinski definition) is 1. The summed E-state index contributed by atoms with van der Waals surface area (Å²) in [6.07, 6.45) is 1.81. The molecule has 1 aliphatic rings. The Bertz CT molecular complexity index is 394. The summed E-state index contributed by atoms with van der Waals surface area (Å²) in [5.41, 5.74) is 0. The maximum Gasteiger partial charge on any atom is 0.407 e. The van der Waals surface area contributed by atoms with Crippen LogP contribution in [0.1, 0.15) is 18.2 Å². The second-order valence-corrected chi connectivity index (χ2v) is 6.10. The van der Waals surface area contributed by atoms with E-state index in [0.717, 1.165) is 32.5 Å². The molecule has 0 aliphatic carbocycles. The molecule has 0 saturated carbocycles. The number of hydrogen-bond acceptors (Lipinski definition) is 4. The molecule has 5 heteroatoms. The van der Waals surface area contributed by atoms with Gasteiger partial charge in [-0.2, -0.15) is 0 Å². The van der Waals surface area contributed by atoms with Gasteiger partial charge in [0, 0.05) is 24.0 Å². The zero-order valence-corrected chi connectivity index (χ0v) is 12.4. The van der Waals surface area contributed by atoms with Crippen molar-refractivity contribution in [2.24, 2.45) is 5.92 Å². The van der Waals surface area contributed by atoms with Gasteiger partial charge < -0.3 is 15.0 Å². The monoisotopic (exact) mass is 282 g/mol. The van der Waals surface area contributed by atoms with Crippen molar-refractivity contribution in [2.45, 2.75) is 25.8 Å². The lowest BCUT2D eigenvalue weighted by Gasteiger charge is -2.37. The molecule has 4 nitrogen and oxygen atoms in total. The molecule has 1 aromatic rings. The van der Waals surface area contributed by atoms with Gasteiger partial charge in [-0.1, -0.05) is 13.0 Å². The predicted octanol–water partition coefficient (Wildman–Crippen LogP) is 2.36. The molecule has 1 aliphatic heterocycles. The zero-order chi connectivity index (χ0) is 13.7. The Morgan fingerprint density at radius 2 is 2.42 bits per heavy atom. The number of nitrogens with one attached hydrogen (secondary N) is 1. The Labute approximate surface area is 118 Å². The van der Waals surface area contributed by atoms with Crippen LogP contribution < -0.4 is 5.32 Å². The number of likely N-dealkylation sites (tertiary alicyclic amines) is 1. The van der Waals surface area contributed by atoms with Crippen molar-refractivity contribution in [2.75, 3.05) is 26.7 Å². The summed E-state index contributed by atoms with van der Waals surface area (Å²) in [5, 5.41) is 5.07. The van der Waals surface area contributed by atoms with Crippen LogP contribution >= 0.6 is 11.3 Å². The Hall–Kier alpha value is -1.07. The van der Waals surface area contributed by atoms with Crippen LogP contribution in [0.15, 0.2) is 17.5 Å². The van der Waals surface area contributed by atoms with E-state index in [-0.39, 0.29) is 12.1 Å². The summed E-state index contributed by atoms with van der Waals surface area (Å²) in [6.45, 7) is 5.24. The van der Waals surface area contributed by atoms with E-state index in [1.807, 2.05) is 11.3 Å². The second kappa shape index (κ2) is 6.91. The summed E-state index contributed by atoms with van der Waals surface area (Å²) in [4.78, 5) is 15.2. The molecule has 0 bridgehead atoms. The molecule has 1 aromatic heterocycles. The lowest BCUT2D eigenvalue weighted by molar-refractivity contribution is 0.128. The summed E-state index contributed by atoms with van der Waals surface area (Å²) >= 11 is 1.81. The standard InChI is InChI=1S/C14H22N2O2S/c1-3-16-9-11(8-13-5-4-6-19-13)7-12(10-16)15-14(17)18-2/h4-6,11-12H,3,7-10H2,1-2H3,(H,15,17). The van der Waals surface area contributed by atoms with Crippen molar-refractivity contribution >= 4 is 17.4 Å². The number of carbonyl (C=O) groups is 1. The first-order valence-electron chi connectivity index (χ1n) is 6.80. The van der Waals surface area contributed by atoms with E-state index >= 15 is 0 Å². The minimum absolute atomic E-state index is 0.200. The number of likely N-dealkylation sites (N-methyl/N-ethyl adjacent to an activating group) is 1. The highest BCUT2D eigenvalue weighted by Crippen LogP contribution is 2.23. The van der Waals surface area contributed by atoms with Gasteiger partial charge in [0.25, 0.3) is 0 Å². The minimum atomic E-state index is -0.321. The average molecular weight is 282 g/mol. The molecule has 1 saturated heterocycles. The first kappa shape index (κ1) is 14.3. The number of amides is 1. The van der Waals surface area contributed by atoms with E-state index < -0.39 is 0 Å². The molecular weight excluding hydrogens is 260 g/mol. The van der Waals surface area contributed by atoms with E-state index in [4.69, 9.17) is 4.74 Å². The van der Waals surface area contributed by atoms with Gasteiger partial charge in [0.05, 0.1) is 7.11 Å². The molecular formula is C14H22N2O2S. The molecule has 106 valence electrons. The molecule has 2 atom stereocenters. The SMILES string of the molecule is CCN1CC(Cc2cccs2)CC(NC(=O)OC)C1. The number of piperidine rings is 1. The van der Waals surface area contributed by atoms with Gasteiger partial charge in [-0.05, 0) is 36.8 Å². The Morgan fingerprint density at radius 1 is 1.58 bits per heavy atom. The van der Waals surface area contributed by atoms with Gasteiger partial charge in [0.1, 0.15) is 0 Å². The molecule has 2 unspecified atom stereocenters. The van der Waals surface area contributed by atoms with Crippen LogP contribution in [-0.4, -0.2) is 43.8 Å². The number of ether oxygens (including phenoxy) is 1. The maximum absolute atomic E-state index is 11.3. The maximum atomic E-state index is 11.3. The van der Waals surface area contributed by atoms with Crippen molar-refractivity contribution in [1.82, 2.24) is 10.2 Å². The first-order chi connectivity index (χ1) is 9.21. The van der Waals surface area contributed by atoms with Crippen molar-refractivity contribution in [3.8, 4) is 0 Å². The topological polar surface area (TPSA) is 41.6 Å². The largest absolute Gasteiger partial charge is 0.453 e. The smallest absolute Gasteiger partial charge is 0.407 e. The van der Waals surface area contributed by atoms with Crippen molar-refractivity contribution < 1.29 is 9.53 Å². The third-order valence-electron chi connectivity index (χ3n) is 3.64.